The fraction of sp³-hybridized carbons (Fsp3) is 0. The molecule has 20 heavy (non-hydrogen) atoms. The van der Waals surface area contributed by atoms with Crippen LogP contribution >= 0.6 is 11.6 Å². The molecule has 102 valence electrons. The van der Waals surface area contributed by atoms with Crippen molar-refractivity contribution in [2.45, 2.75) is 4.90 Å². The monoisotopic (exact) mass is 311 g/mol. The number of nitrogens with one attached hydrogen (secondary N) is 1. The number of benzene rings is 1. The van der Waals surface area contributed by atoms with Gasteiger partial charge >= 0.3 is 0 Å². The number of sulfonamides is 1. The van der Waals surface area contributed by atoms with E-state index in [4.69, 9.17) is 16.9 Å². The van der Waals surface area contributed by atoms with Crippen LogP contribution in [0.25, 0.3) is 0 Å². The van der Waals surface area contributed by atoms with Crippen molar-refractivity contribution in [3.05, 3.63) is 53.1 Å². The molecule has 0 amide bonds. The van der Waals surface area contributed by atoms with Gasteiger partial charge < -0.3 is 0 Å². The quantitative estimate of drug-likeness (QED) is 0.944. The van der Waals surface area contributed by atoms with Gasteiger partial charge in [0, 0.05) is 12.4 Å². The first kappa shape index (κ1) is 14.2. The number of aromatic nitrogens is 1. The van der Waals surface area contributed by atoms with Crippen LogP contribution < -0.4 is 4.72 Å². The highest BCUT2D eigenvalue weighted by molar-refractivity contribution is 7.92. The number of halogens is 2. The Kier molecular flexibility index (Phi) is 3.88. The maximum absolute atomic E-state index is 13.7. The first-order valence-electron chi connectivity index (χ1n) is 5.26. The summed E-state index contributed by atoms with van der Waals surface area (Å²) in [6.07, 6.45) is 2.40. The van der Waals surface area contributed by atoms with Crippen LogP contribution in [0.4, 0.5) is 10.1 Å². The molecule has 2 aromatic rings. The lowest BCUT2D eigenvalue weighted by Gasteiger charge is -2.09. The summed E-state index contributed by atoms with van der Waals surface area (Å²) in [5, 5.41) is 8.59. The van der Waals surface area contributed by atoms with Gasteiger partial charge in [-0.3, -0.25) is 9.71 Å². The highest BCUT2D eigenvalue weighted by Crippen LogP contribution is 2.24. The van der Waals surface area contributed by atoms with Crippen LogP contribution in [-0.4, -0.2) is 13.4 Å². The van der Waals surface area contributed by atoms with Crippen molar-refractivity contribution in [2.24, 2.45) is 0 Å². The second-order valence-corrected chi connectivity index (χ2v) is 5.78. The molecule has 0 radical (unpaired) electrons. The van der Waals surface area contributed by atoms with Gasteiger partial charge in [-0.25, -0.2) is 12.8 Å². The summed E-state index contributed by atoms with van der Waals surface area (Å²) in [6, 6.07) is 6.45. The van der Waals surface area contributed by atoms with E-state index in [0.29, 0.717) is 0 Å². The smallest absolute Gasteiger partial charge is 0.265 e. The number of rotatable bonds is 3. The van der Waals surface area contributed by atoms with Gasteiger partial charge in [-0.1, -0.05) is 11.6 Å². The molecule has 0 saturated heterocycles. The lowest BCUT2D eigenvalue weighted by Crippen LogP contribution is -2.14. The molecule has 1 aromatic heterocycles. The molecule has 1 heterocycles. The van der Waals surface area contributed by atoms with Crippen molar-refractivity contribution >= 4 is 27.3 Å². The molecule has 8 heteroatoms. The maximum Gasteiger partial charge on any atom is 0.265 e. The van der Waals surface area contributed by atoms with Gasteiger partial charge in [-0.05, 0) is 24.3 Å². The lowest BCUT2D eigenvalue weighted by atomic mass is 10.2. The standard InChI is InChI=1S/C12H7ClFN3O2S/c13-9-3-4-16-7-12(9)20(18,19)17-11-2-1-8(6-15)5-10(11)14/h1-5,7,17H. The topological polar surface area (TPSA) is 82.9 Å². The second kappa shape index (κ2) is 5.45. The normalized spacial score (nSPS) is 10.8. The van der Waals surface area contributed by atoms with Crippen molar-refractivity contribution < 1.29 is 12.8 Å². The van der Waals surface area contributed by atoms with Crippen molar-refractivity contribution in [2.75, 3.05) is 4.72 Å². The minimum Gasteiger partial charge on any atom is -0.277 e. The molecular formula is C12H7ClFN3O2S. The Morgan fingerprint density at radius 2 is 2.10 bits per heavy atom. The minimum atomic E-state index is -4.05. The van der Waals surface area contributed by atoms with E-state index < -0.39 is 15.8 Å². The number of anilines is 1. The van der Waals surface area contributed by atoms with E-state index in [1.165, 1.54) is 18.3 Å². The van der Waals surface area contributed by atoms with E-state index in [0.717, 1.165) is 18.3 Å². The second-order valence-electron chi connectivity index (χ2n) is 3.72. The Labute approximate surface area is 119 Å². The number of nitriles is 1. The zero-order valence-electron chi connectivity index (χ0n) is 9.84. The predicted molar refractivity (Wildman–Crippen MR) is 71.2 cm³/mol. The molecule has 0 unspecified atom stereocenters. The van der Waals surface area contributed by atoms with Crippen molar-refractivity contribution in [3.8, 4) is 6.07 Å². The summed E-state index contributed by atoms with van der Waals surface area (Å²) in [5.74, 6) is -0.854. The molecule has 0 aliphatic rings. The summed E-state index contributed by atoms with van der Waals surface area (Å²) < 4.78 is 39.8. The van der Waals surface area contributed by atoms with Crippen LogP contribution in [0.5, 0.6) is 0 Å². The first-order chi connectivity index (χ1) is 9.44. The highest BCUT2D eigenvalue weighted by Gasteiger charge is 2.19. The predicted octanol–water partition coefficient (Wildman–Crippen LogP) is 2.55. The third kappa shape index (κ3) is 2.87. The summed E-state index contributed by atoms with van der Waals surface area (Å²) in [5.41, 5.74) is -0.186. The molecule has 0 spiro atoms. The van der Waals surface area contributed by atoms with Gasteiger partial charge in [0.1, 0.15) is 10.7 Å². The van der Waals surface area contributed by atoms with Gasteiger partial charge in [-0.2, -0.15) is 5.26 Å². The maximum atomic E-state index is 13.7. The molecule has 1 aromatic carbocycles. The van der Waals surface area contributed by atoms with Gasteiger partial charge in [0.15, 0.2) is 0 Å². The molecule has 0 aliphatic heterocycles. The van der Waals surface area contributed by atoms with Crippen molar-refractivity contribution in [1.29, 1.82) is 5.26 Å². The van der Waals surface area contributed by atoms with Crippen LogP contribution in [0.1, 0.15) is 5.56 Å². The van der Waals surface area contributed by atoms with Gasteiger partial charge in [0.05, 0.1) is 22.3 Å². The van der Waals surface area contributed by atoms with Crippen LogP contribution in [-0.2, 0) is 10.0 Å². The Balaban J connectivity index is 2.40. The molecular weight excluding hydrogens is 305 g/mol. The molecule has 5 nitrogen and oxygen atoms in total. The number of hydrogen-bond donors (Lipinski definition) is 1. The lowest BCUT2D eigenvalue weighted by molar-refractivity contribution is 0.598. The molecule has 0 atom stereocenters. The molecule has 0 fully saturated rings. The molecule has 0 aliphatic carbocycles. The Bertz CT molecular complexity index is 803. The van der Waals surface area contributed by atoms with E-state index in [1.54, 1.807) is 6.07 Å². The average molecular weight is 312 g/mol. The summed E-state index contributed by atoms with van der Waals surface area (Å²) >= 11 is 5.77. The van der Waals surface area contributed by atoms with Crippen LogP contribution in [0.3, 0.4) is 0 Å². The zero-order chi connectivity index (χ0) is 14.8. The summed E-state index contributed by atoms with van der Waals surface area (Å²) in [7, 11) is -4.05. The van der Waals surface area contributed by atoms with Crippen LogP contribution in [0, 0.1) is 17.1 Å². The average Bonchev–Trinajstić information content (AvgIpc) is 2.41. The van der Waals surface area contributed by atoms with E-state index in [9.17, 15) is 12.8 Å². The molecule has 0 bridgehead atoms. The number of hydrogen-bond acceptors (Lipinski definition) is 4. The van der Waals surface area contributed by atoms with Crippen molar-refractivity contribution in [3.63, 3.8) is 0 Å². The fourth-order valence-electron chi connectivity index (χ4n) is 1.43. The Morgan fingerprint density at radius 3 is 2.70 bits per heavy atom. The van der Waals surface area contributed by atoms with Crippen LogP contribution in [0.15, 0.2) is 41.6 Å². The fourth-order valence-corrected chi connectivity index (χ4v) is 2.93. The van der Waals surface area contributed by atoms with Gasteiger partial charge in [0.25, 0.3) is 10.0 Å². The number of pyridine rings is 1. The van der Waals surface area contributed by atoms with E-state index in [-0.39, 0.29) is 21.2 Å². The van der Waals surface area contributed by atoms with E-state index in [2.05, 4.69) is 9.71 Å². The number of nitrogens with zero attached hydrogens (tertiary/aromatic N) is 2. The highest BCUT2D eigenvalue weighted by atomic mass is 35.5. The summed E-state index contributed by atoms with van der Waals surface area (Å²) in [4.78, 5) is 3.40. The van der Waals surface area contributed by atoms with Crippen LogP contribution in [0.2, 0.25) is 5.02 Å². The Morgan fingerprint density at radius 1 is 1.35 bits per heavy atom. The molecule has 1 N–H and O–H groups in total. The molecule has 2 rings (SSSR count). The third-order valence-electron chi connectivity index (χ3n) is 2.37. The summed E-state index contributed by atoms with van der Waals surface area (Å²) in [6.45, 7) is 0. The first-order valence-corrected chi connectivity index (χ1v) is 7.12. The SMILES string of the molecule is N#Cc1ccc(NS(=O)(=O)c2cnccc2Cl)c(F)c1. The van der Waals surface area contributed by atoms with E-state index in [1.807, 2.05) is 0 Å². The Hall–Kier alpha value is -2.17. The van der Waals surface area contributed by atoms with Gasteiger partial charge in [-0.15, -0.1) is 0 Å². The zero-order valence-corrected chi connectivity index (χ0v) is 11.4. The van der Waals surface area contributed by atoms with Crippen molar-refractivity contribution in [1.82, 2.24) is 4.98 Å². The van der Waals surface area contributed by atoms with E-state index >= 15 is 0 Å². The largest absolute Gasteiger partial charge is 0.277 e. The minimum absolute atomic E-state index is 0.0263. The third-order valence-corrected chi connectivity index (χ3v) is 4.20. The molecule has 0 saturated carbocycles. The van der Waals surface area contributed by atoms with Gasteiger partial charge in [0.2, 0.25) is 0 Å².